The minimum Gasteiger partial charge on any atom is -1.00 e. The molecule has 0 aliphatic rings. The van der Waals surface area contributed by atoms with Gasteiger partial charge in [0.15, 0.2) is 0 Å². The summed E-state index contributed by atoms with van der Waals surface area (Å²) in [6.07, 6.45) is 4.79. The molecule has 0 spiro atoms. The van der Waals surface area contributed by atoms with Gasteiger partial charge in [0.2, 0.25) is 0 Å². The molecule has 0 aromatic rings. The van der Waals surface area contributed by atoms with Crippen LogP contribution in [-0.2, 0) is 29.7 Å². The van der Waals surface area contributed by atoms with Crippen LogP contribution in [0.4, 0.5) is 0 Å². The maximum Gasteiger partial charge on any atom is -1.00 e. The van der Waals surface area contributed by atoms with Gasteiger partial charge < -0.3 is 34.0 Å². The average Bonchev–Trinajstić information content (AvgIpc) is 2.03. The van der Waals surface area contributed by atoms with Gasteiger partial charge in [-0.05, 0) is 0 Å². The normalized spacial score (nSPS) is 8.15. The Labute approximate surface area is 115 Å². The van der Waals surface area contributed by atoms with E-state index in [4.69, 9.17) is 5.63 Å². The molecule has 0 fully saturated rings. The number of rotatable bonds is 8. The van der Waals surface area contributed by atoms with Gasteiger partial charge >= 0.3 is 82.5 Å². The van der Waals surface area contributed by atoms with Crippen molar-refractivity contribution in [3.8, 4) is 0 Å². The summed E-state index contributed by atoms with van der Waals surface area (Å²) < 4.78 is 10.7. The van der Waals surface area contributed by atoms with E-state index in [0.29, 0.717) is 0 Å². The van der Waals surface area contributed by atoms with E-state index in [-0.39, 0.29) is 34.0 Å². The van der Waals surface area contributed by atoms with Crippen LogP contribution in [-0.4, -0.2) is 13.2 Å². The topological polar surface area (TPSA) is 18.5 Å². The molecular formula is C8H18Br2O2Zr. The molecule has 0 aliphatic heterocycles. The Morgan fingerprint density at radius 3 is 1.54 bits per heavy atom. The second-order valence-electron chi connectivity index (χ2n) is 2.49. The molecule has 2 nitrogen and oxygen atoms in total. The third-order valence-electron chi connectivity index (χ3n) is 1.32. The molecule has 0 aromatic carbocycles. The Hall–Kier alpha value is 1.76. The summed E-state index contributed by atoms with van der Waals surface area (Å²) in [7, 11) is 0. The number of halogens is 2. The van der Waals surface area contributed by atoms with Gasteiger partial charge in [-0.2, -0.15) is 0 Å². The summed E-state index contributed by atoms with van der Waals surface area (Å²) in [4.78, 5) is 0. The Morgan fingerprint density at radius 2 is 1.23 bits per heavy atom. The van der Waals surface area contributed by atoms with Gasteiger partial charge in [-0.15, -0.1) is 0 Å². The summed E-state index contributed by atoms with van der Waals surface area (Å²) in [5.41, 5.74) is 0. The van der Waals surface area contributed by atoms with E-state index in [1.54, 1.807) is 0 Å². The van der Waals surface area contributed by atoms with Crippen molar-refractivity contribution in [2.45, 2.75) is 39.5 Å². The third-order valence-corrected chi connectivity index (χ3v) is 2.90. The van der Waals surface area contributed by atoms with Crippen molar-refractivity contribution in [2.75, 3.05) is 13.2 Å². The fraction of sp³-hybridized carbons (Fsp3) is 1.00. The van der Waals surface area contributed by atoms with Crippen molar-refractivity contribution in [1.82, 2.24) is 0 Å². The zero-order chi connectivity index (χ0) is 8.36. The Kier molecular flexibility index (Phi) is 30.1. The average molecular weight is 397 g/mol. The monoisotopic (exact) mass is 394 g/mol. The molecule has 0 bridgehead atoms. The van der Waals surface area contributed by atoms with Gasteiger partial charge in [0.1, 0.15) is 0 Å². The van der Waals surface area contributed by atoms with Crippen molar-refractivity contribution in [3.05, 3.63) is 0 Å². The van der Waals surface area contributed by atoms with Crippen molar-refractivity contribution >= 4 is 0 Å². The molecule has 0 unspecified atom stereocenters. The Morgan fingerprint density at radius 1 is 0.846 bits per heavy atom. The molecule has 13 heavy (non-hydrogen) atoms. The summed E-state index contributed by atoms with van der Waals surface area (Å²) in [5.74, 6) is 0. The zero-order valence-electron chi connectivity index (χ0n) is 8.32. The second kappa shape index (κ2) is 19.4. The van der Waals surface area contributed by atoms with Crippen LogP contribution in [0.3, 0.4) is 0 Å². The minimum absolute atomic E-state index is 0. The molecule has 0 aliphatic carbocycles. The Balaban J connectivity index is -0.000000500. The van der Waals surface area contributed by atoms with Crippen LogP contribution in [0, 0.1) is 0 Å². The van der Waals surface area contributed by atoms with Crippen LogP contribution in [0.1, 0.15) is 39.5 Å². The predicted molar refractivity (Wildman–Crippen MR) is 41.7 cm³/mol. The van der Waals surface area contributed by atoms with E-state index in [2.05, 4.69) is 13.8 Å². The van der Waals surface area contributed by atoms with E-state index >= 15 is 0 Å². The molecule has 0 atom stereocenters. The molecule has 0 saturated carbocycles. The number of unbranched alkanes of at least 4 members (excludes halogenated alkanes) is 2. The summed E-state index contributed by atoms with van der Waals surface area (Å²) in [5, 5.41) is 0. The van der Waals surface area contributed by atoms with Gasteiger partial charge in [-0.1, -0.05) is 0 Å². The molecule has 5 heteroatoms. The molecule has 0 amide bonds. The van der Waals surface area contributed by atoms with Gasteiger partial charge in [0.05, 0.1) is 0 Å². The summed E-state index contributed by atoms with van der Waals surface area (Å²) >= 11 is -0.876. The third kappa shape index (κ3) is 20.0. The summed E-state index contributed by atoms with van der Waals surface area (Å²) in [6.45, 7) is 6.17. The maximum atomic E-state index is 5.37. The van der Waals surface area contributed by atoms with Crippen LogP contribution in [0.2, 0.25) is 0 Å². The van der Waals surface area contributed by atoms with Gasteiger partial charge in [0.25, 0.3) is 0 Å². The predicted octanol–water partition coefficient (Wildman–Crippen LogP) is -3.46. The SMILES string of the molecule is CCCC[O][Zr+2][O]CCCC.[Br-].[Br-]. The molecule has 80 valence electrons. The van der Waals surface area contributed by atoms with Crippen LogP contribution in [0.25, 0.3) is 0 Å². The van der Waals surface area contributed by atoms with Crippen LogP contribution in [0.5, 0.6) is 0 Å². The van der Waals surface area contributed by atoms with Gasteiger partial charge in [0, 0.05) is 0 Å². The molecular weight excluding hydrogens is 379 g/mol. The smallest absolute Gasteiger partial charge is 1.00 e. The minimum atomic E-state index is -0.876. The zero-order valence-corrected chi connectivity index (χ0v) is 13.9. The van der Waals surface area contributed by atoms with Crippen LogP contribution < -0.4 is 34.0 Å². The molecule has 0 aromatic heterocycles. The fourth-order valence-corrected chi connectivity index (χ4v) is 1.88. The quantitative estimate of drug-likeness (QED) is 0.397. The van der Waals surface area contributed by atoms with E-state index in [1.807, 2.05) is 0 Å². The summed E-state index contributed by atoms with van der Waals surface area (Å²) in [6, 6.07) is 0. The Bertz CT molecular complexity index is 69.2. The number of hydrogen-bond acceptors (Lipinski definition) is 2. The molecule has 0 radical (unpaired) electrons. The van der Waals surface area contributed by atoms with Gasteiger partial charge in [-0.25, -0.2) is 0 Å². The fourth-order valence-electron chi connectivity index (χ4n) is 0.558. The first-order chi connectivity index (χ1) is 5.41. The first kappa shape index (κ1) is 20.2. The van der Waals surface area contributed by atoms with E-state index < -0.39 is 24.1 Å². The largest absolute Gasteiger partial charge is 1.00 e. The molecule has 0 heterocycles. The van der Waals surface area contributed by atoms with Crippen molar-refractivity contribution in [3.63, 3.8) is 0 Å². The van der Waals surface area contributed by atoms with E-state index in [1.165, 1.54) is 25.7 Å². The van der Waals surface area contributed by atoms with Gasteiger partial charge in [-0.3, -0.25) is 0 Å². The van der Waals surface area contributed by atoms with Crippen molar-refractivity contribution in [1.29, 1.82) is 0 Å². The second-order valence-corrected chi connectivity index (χ2v) is 4.32. The first-order valence-corrected chi connectivity index (χ1v) is 6.41. The standard InChI is InChI=1S/2C4H9O.2BrH.Zr/c2*1-2-3-4-5;;;/h2*2-4H2,1H3;2*1H;/q2*-1;;;+4/p-2. The van der Waals surface area contributed by atoms with E-state index in [0.717, 1.165) is 13.2 Å². The van der Waals surface area contributed by atoms with Crippen molar-refractivity contribution in [2.24, 2.45) is 0 Å². The van der Waals surface area contributed by atoms with Crippen molar-refractivity contribution < 1.29 is 63.7 Å². The van der Waals surface area contributed by atoms with Crippen LogP contribution >= 0.6 is 0 Å². The molecule has 0 rings (SSSR count). The molecule has 0 N–H and O–H groups in total. The number of hydrogen-bond donors (Lipinski definition) is 0. The van der Waals surface area contributed by atoms with Crippen LogP contribution in [0.15, 0.2) is 0 Å². The van der Waals surface area contributed by atoms with E-state index in [9.17, 15) is 0 Å². The molecule has 0 saturated heterocycles. The first-order valence-electron chi connectivity index (χ1n) is 4.40. The maximum absolute atomic E-state index is 5.37.